The van der Waals surface area contributed by atoms with Gasteiger partial charge in [-0.3, -0.25) is 9.59 Å². The number of rotatable bonds is 6. The quantitative estimate of drug-likeness (QED) is 0.845. The number of carbonyl (C=O) groups is 2. The van der Waals surface area contributed by atoms with Crippen LogP contribution in [0.2, 0.25) is 5.02 Å². The summed E-state index contributed by atoms with van der Waals surface area (Å²) in [5.74, 6) is -0.188. The highest BCUT2D eigenvalue weighted by molar-refractivity contribution is 6.30. The molecule has 0 heterocycles. The van der Waals surface area contributed by atoms with E-state index in [4.69, 9.17) is 16.3 Å². The van der Waals surface area contributed by atoms with Gasteiger partial charge in [-0.25, -0.2) is 0 Å². The van der Waals surface area contributed by atoms with Crippen molar-refractivity contribution in [2.24, 2.45) is 0 Å². The van der Waals surface area contributed by atoms with E-state index in [1.807, 2.05) is 19.1 Å². The third-order valence-electron chi connectivity index (χ3n) is 3.49. The first-order valence-corrected chi connectivity index (χ1v) is 7.85. The Hall–Kier alpha value is -2.53. The zero-order valence-electron chi connectivity index (χ0n) is 13.5. The molecule has 0 aliphatic rings. The summed E-state index contributed by atoms with van der Waals surface area (Å²) < 4.78 is 5.13. The maximum absolute atomic E-state index is 12.1. The van der Waals surface area contributed by atoms with Crippen LogP contribution in [0.3, 0.4) is 0 Å². The van der Waals surface area contributed by atoms with E-state index in [1.54, 1.807) is 36.4 Å². The minimum absolute atomic E-state index is 0.123. The fourth-order valence-electron chi connectivity index (χ4n) is 2.24. The van der Waals surface area contributed by atoms with Gasteiger partial charge in [0.25, 0.3) is 5.91 Å². The minimum Gasteiger partial charge on any atom is -0.496 e. The first-order chi connectivity index (χ1) is 11.5. The van der Waals surface area contributed by atoms with Crippen LogP contribution >= 0.6 is 11.6 Å². The first kappa shape index (κ1) is 17.8. The standard InChI is InChI=1S/C18H19ClN2O3/c1-12(13-6-5-7-14(19)10-13)21-17(22)11-20-18(23)15-8-3-4-9-16(15)24-2/h3-10,12H,11H2,1-2H3,(H,20,23)(H,21,22)/t12-/m1/s1. The molecule has 0 radical (unpaired) electrons. The van der Waals surface area contributed by atoms with Gasteiger partial charge in [0.2, 0.25) is 5.91 Å². The number of hydrogen-bond acceptors (Lipinski definition) is 3. The van der Waals surface area contributed by atoms with Gasteiger partial charge in [-0.1, -0.05) is 35.9 Å². The molecular formula is C18H19ClN2O3. The zero-order chi connectivity index (χ0) is 17.5. The van der Waals surface area contributed by atoms with Crippen molar-refractivity contribution in [3.05, 3.63) is 64.7 Å². The van der Waals surface area contributed by atoms with Crippen molar-refractivity contribution in [1.82, 2.24) is 10.6 Å². The fourth-order valence-corrected chi connectivity index (χ4v) is 2.44. The molecule has 0 saturated heterocycles. The summed E-state index contributed by atoms with van der Waals surface area (Å²) in [7, 11) is 1.49. The lowest BCUT2D eigenvalue weighted by molar-refractivity contribution is -0.120. The molecule has 2 N–H and O–H groups in total. The summed E-state index contributed by atoms with van der Waals surface area (Å²) >= 11 is 5.94. The third-order valence-corrected chi connectivity index (χ3v) is 3.72. The maximum Gasteiger partial charge on any atom is 0.255 e. The van der Waals surface area contributed by atoms with E-state index in [9.17, 15) is 9.59 Å². The topological polar surface area (TPSA) is 67.4 Å². The van der Waals surface area contributed by atoms with E-state index in [0.29, 0.717) is 16.3 Å². The smallest absolute Gasteiger partial charge is 0.255 e. The molecule has 24 heavy (non-hydrogen) atoms. The van der Waals surface area contributed by atoms with E-state index in [-0.39, 0.29) is 24.4 Å². The van der Waals surface area contributed by atoms with Crippen molar-refractivity contribution in [2.45, 2.75) is 13.0 Å². The van der Waals surface area contributed by atoms with Gasteiger partial charge in [0, 0.05) is 5.02 Å². The van der Waals surface area contributed by atoms with Crippen molar-refractivity contribution < 1.29 is 14.3 Å². The van der Waals surface area contributed by atoms with Crippen LogP contribution in [-0.2, 0) is 4.79 Å². The van der Waals surface area contributed by atoms with Crippen LogP contribution in [0.5, 0.6) is 5.75 Å². The van der Waals surface area contributed by atoms with Crippen LogP contribution in [0, 0.1) is 0 Å². The Morgan fingerprint density at radius 1 is 1.17 bits per heavy atom. The molecule has 0 aliphatic carbocycles. The second kappa shape index (κ2) is 8.36. The number of benzene rings is 2. The van der Waals surface area contributed by atoms with Crippen LogP contribution in [-0.4, -0.2) is 25.5 Å². The lowest BCUT2D eigenvalue weighted by atomic mass is 10.1. The molecule has 5 nitrogen and oxygen atoms in total. The van der Waals surface area contributed by atoms with Crippen molar-refractivity contribution in [3.8, 4) is 5.75 Å². The molecule has 0 spiro atoms. The molecular weight excluding hydrogens is 328 g/mol. The Bertz CT molecular complexity index is 734. The summed E-state index contributed by atoms with van der Waals surface area (Å²) in [6.45, 7) is 1.73. The van der Waals surface area contributed by atoms with Gasteiger partial charge in [0.05, 0.1) is 25.3 Å². The predicted octanol–water partition coefficient (Wildman–Crippen LogP) is 2.96. The first-order valence-electron chi connectivity index (χ1n) is 7.47. The largest absolute Gasteiger partial charge is 0.496 e. The van der Waals surface area contributed by atoms with Gasteiger partial charge >= 0.3 is 0 Å². The number of halogens is 1. The summed E-state index contributed by atoms with van der Waals surface area (Å²) in [6.07, 6.45) is 0. The molecule has 2 amide bonds. The van der Waals surface area contributed by atoms with Crippen molar-refractivity contribution >= 4 is 23.4 Å². The summed E-state index contributed by atoms with van der Waals surface area (Å²) in [5.41, 5.74) is 1.28. The second-order valence-corrected chi connectivity index (χ2v) is 5.66. The van der Waals surface area contributed by atoms with E-state index in [1.165, 1.54) is 7.11 Å². The van der Waals surface area contributed by atoms with Crippen LogP contribution in [0.15, 0.2) is 48.5 Å². The van der Waals surface area contributed by atoms with E-state index >= 15 is 0 Å². The lowest BCUT2D eigenvalue weighted by Gasteiger charge is -2.15. The summed E-state index contributed by atoms with van der Waals surface area (Å²) in [4.78, 5) is 24.2. The van der Waals surface area contributed by atoms with Gasteiger partial charge in [0.15, 0.2) is 0 Å². The SMILES string of the molecule is COc1ccccc1C(=O)NCC(=O)N[C@H](C)c1cccc(Cl)c1. The molecule has 0 aromatic heterocycles. The molecule has 1 atom stereocenters. The average Bonchev–Trinajstić information content (AvgIpc) is 2.59. The maximum atomic E-state index is 12.1. The lowest BCUT2D eigenvalue weighted by Crippen LogP contribution is -2.38. The van der Waals surface area contributed by atoms with Crippen molar-refractivity contribution in [3.63, 3.8) is 0 Å². The third kappa shape index (κ3) is 4.73. The Morgan fingerprint density at radius 2 is 1.92 bits per heavy atom. The van der Waals surface area contributed by atoms with Crippen molar-refractivity contribution in [2.75, 3.05) is 13.7 Å². The van der Waals surface area contributed by atoms with E-state index < -0.39 is 0 Å². The zero-order valence-corrected chi connectivity index (χ0v) is 14.3. The normalized spacial score (nSPS) is 11.5. The Kier molecular flexibility index (Phi) is 6.21. The Morgan fingerprint density at radius 3 is 2.62 bits per heavy atom. The summed E-state index contributed by atoms with van der Waals surface area (Å²) in [6, 6.07) is 13.9. The molecule has 0 unspecified atom stereocenters. The molecule has 2 aromatic rings. The van der Waals surface area contributed by atoms with Crippen LogP contribution < -0.4 is 15.4 Å². The monoisotopic (exact) mass is 346 g/mol. The molecule has 0 aliphatic heterocycles. The highest BCUT2D eigenvalue weighted by Gasteiger charge is 2.14. The highest BCUT2D eigenvalue weighted by atomic mass is 35.5. The number of ether oxygens (including phenoxy) is 1. The average molecular weight is 347 g/mol. The van der Waals surface area contributed by atoms with Gasteiger partial charge in [-0.2, -0.15) is 0 Å². The van der Waals surface area contributed by atoms with Crippen molar-refractivity contribution in [1.29, 1.82) is 0 Å². The van der Waals surface area contributed by atoms with E-state index in [2.05, 4.69) is 10.6 Å². The number of amides is 2. The van der Waals surface area contributed by atoms with Gasteiger partial charge in [0.1, 0.15) is 5.75 Å². The van der Waals surface area contributed by atoms with Crippen LogP contribution in [0.4, 0.5) is 0 Å². The number of nitrogens with one attached hydrogen (secondary N) is 2. The number of para-hydroxylation sites is 1. The highest BCUT2D eigenvalue weighted by Crippen LogP contribution is 2.18. The molecule has 0 fully saturated rings. The molecule has 0 bridgehead atoms. The van der Waals surface area contributed by atoms with Gasteiger partial charge < -0.3 is 15.4 Å². The Labute approximate surface area is 146 Å². The minimum atomic E-state index is -0.363. The number of methoxy groups -OCH3 is 1. The van der Waals surface area contributed by atoms with Gasteiger partial charge in [-0.05, 0) is 36.8 Å². The molecule has 0 saturated carbocycles. The predicted molar refractivity (Wildman–Crippen MR) is 93.3 cm³/mol. The van der Waals surface area contributed by atoms with E-state index in [0.717, 1.165) is 5.56 Å². The number of hydrogen-bond donors (Lipinski definition) is 2. The number of carbonyl (C=O) groups excluding carboxylic acids is 2. The second-order valence-electron chi connectivity index (χ2n) is 5.23. The van der Waals surface area contributed by atoms with Gasteiger partial charge in [-0.15, -0.1) is 0 Å². The molecule has 126 valence electrons. The van der Waals surface area contributed by atoms with Crippen LogP contribution in [0.25, 0.3) is 0 Å². The van der Waals surface area contributed by atoms with Crippen LogP contribution in [0.1, 0.15) is 28.9 Å². The summed E-state index contributed by atoms with van der Waals surface area (Å²) in [5, 5.41) is 6.01. The Balaban J connectivity index is 1.90. The molecule has 2 rings (SSSR count). The fraction of sp³-hybridized carbons (Fsp3) is 0.222. The molecule has 2 aromatic carbocycles. The molecule has 6 heteroatoms.